The largest absolute Gasteiger partial charge is 0.409 e. The lowest BCUT2D eigenvalue weighted by molar-refractivity contribution is 0.0258. The van der Waals surface area contributed by atoms with Crippen LogP contribution in [0.4, 0.5) is 0 Å². The highest BCUT2D eigenvalue weighted by Gasteiger charge is 2.33. The zero-order chi connectivity index (χ0) is 11.5. The van der Waals surface area contributed by atoms with E-state index in [-0.39, 0.29) is 11.9 Å². The zero-order valence-electron chi connectivity index (χ0n) is 9.55. The van der Waals surface area contributed by atoms with Crippen LogP contribution in [0.3, 0.4) is 0 Å². The van der Waals surface area contributed by atoms with Gasteiger partial charge in [0.2, 0.25) is 0 Å². The molecule has 2 rings (SSSR count). The summed E-state index contributed by atoms with van der Waals surface area (Å²) in [6.07, 6.45) is 4.42. The fraction of sp³-hybridized carbons (Fsp3) is 0.909. The number of aliphatic hydroxyl groups excluding tert-OH is 1. The van der Waals surface area contributed by atoms with E-state index in [4.69, 9.17) is 10.9 Å². The zero-order valence-corrected chi connectivity index (χ0v) is 9.55. The Kier molecular flexibility index (Phi) is 3.66. The molecule has 16 heavy (non-hydrogen) atoms. The van der Waals surface area contributed by atoms with Gasteiger partial charge >= 0.3 is 0 Å². The van der Waals surface area contributed by atoms with Crippen LogP contribution in [0.25, 0.3) is 0 Å². The van der Waals surface area contributed by atoms with Gasteiger partial charge < -0.3 is 16.0 Å². The van der Waals surface area contributed by atoms with Gasteiger partial charge in [0.05, 0.1) is 12.6 Å². The number of nitrogens with zero attached hydrogens (tertiary/aromatic N) is 2. The lowest BCUT2D eigenvalue weighted by Crippen LogP contribution is -2.46. The van der Waals surface area contributed by atoms with E-state index in [1.807, 2.05) is 0 Å². The summed E-state index contributed by atoms with van der Waals surface area (Å²) in [6, 6.07) is 0. The molecule has 0 aromatic heterocycles. The summed E-state index contributed by atoms with van der Waals surface area (Å²) in [7, 11) is 0. The molecule has 0 aromatic rings. The topological polar surface area (TPSA) is 82.1 Å². The van der Waals surface area contributed by atoms with E-state index in [1.54, 1.807) is 0 Å². The van der Waals surface area contributed by atoms with Crippen LogP contribution >= 0.6 is 0 Å². The first-order chi connectivity index (χ1) is 7.69. The number of likely N-dealkylation sites (tertiary alicyclic amines) is 1. The van der Waals surface area contributed by atoms with Crippen LogP contribution in [0, 0.1) is 11.8 Å². The Labute approximate surface area is 95.9 Å². The van der Waals surface area contributed by atoms with E-state index < -0.39 is 0 Å². The van der Waals surface area contributed by atoms with Crippen molar-refractivity contribution >= 4 is 5.84 Å². The quantitative estimate of drug-likeness (QED) is 0.278. The lowest BCUT2D eigenvalue weighted by Gasteiger charge is -2.36. The summed E-state index contributed by atoms with van der Waals surface area (Å²) in [6.45, 7) is 2.21. The van der Waals surface area contributed by atoms with E-state index in [2.05, 4.69) is 10.1 Å². The summed E-state index contributed by atoms with van der Waals surface area (Å²) in [5.74, 6) is 1.46. The molecule has 2 aliphatic rings. The first-order valence-electron chi connectivity index (χ1n) is 6.06. The summed E-state index contributed by atoms with van der Waals surface area (Å²) in [5, 5.41) is 21.4. The molecule has 1 aliphatic heterocycles. The highest BCUT2D eigenvalue weighted by molar-refractivity contribution is 5.81. The Balaban J connectivity index is 1.82. The average molecular weight is 227 g/mol. The fourth-order valence-corrected chi connectivity index (χ4v) is 2.51. The van der Waals surface area contributed by atoms with Crippen molar-refractivity contribution in [1.82, 2.24) is 4.90 Å². The Morgan fingerprint density at radius 3 is 2.75 bits per heavy atom. The van der Waals surface area contributed by atoms with Crippen molar-refractivity contribution in [2.45, 2.75) is 31.8 Å². The van der Waals surface area contributed by atoms with E-state index in [0.717, 1.165) is 31.8 Å². The lowest BCUT2D eigenvalue weighted by atomic mass is 9.90. The molecule has 0 bridgehead atoms. The molecule has 1 aliphatic carbocycles. The molecule has 1 saturated carbocycles. The van der Waals surface area contributed by atoms with Crippen molar-refractivity contribution in [1.29, 1.82) is 0 Å². The predicted octanol–water partition coefficient (Wildman–Crippen LogP) is 0.216. The van der Waals surface area contributed by atoms with Crippen molar-refractivity contribution in [3.63, 3.8) is 0 Å². The molecule has 0 unspecified atom stereocenters. The van der Waals surface area contributed by atoms with Gasteiger partial charge in [0.1, 0.15) is 0 Å². The second-order valence-corrected chi connectivity index (χ2v) is 5.12. The van der Waals surface area contributed by atoms with Crippen molar-refractivity contribution in [2.24, 2.45) is 22.7 Å². The first-order valence-corrected chi connectivity index (χ1v) is 6.06. The van der Waals surface area contributed by atoms with Gasteiger partial charge in [-0.3, -0.25) is 4.90 Å². The molecule has 0 spiro atoms. The predicted molar refractivity (Wildman–Crippen MR) is 61.3 cm³/mol. The first kappa shape index (κ1) is 11.7. The highest BCUT2D eigenvalue weighted by Crippen LogP contribution is 2.37. The third-order valence-corrected chi connectivity index (χ3v) is 3.63. The third-order valence-electron chi connectivity index (χ3n) is 3.63. The minimum Gasteiger partial charge on any atom is -0.409 e. The van der Waals surface area contributed by atoms with E-state index in [9.17, 15) is 5.11 Å². The number of rotatable bonds is 4. The molecule has 1 heterocycles. The maximum absolute atomic E-state index is 9.92. The Bertz CT molecular complexity index is 266. The van der Waals surface area contributed by atoms with Crippen LogP contribution in [-0.4, -0.2) is 46.8 Å². The second-order valence-electron chi connectivity index (χ2n) is 5.12. The second kappa shape index (κ2) is 5.01. The molecule has 5 heteroatoms. The summed E-state index contributed by atoms with van der Waals surface area (Å²) in [4.78, 5) is 2.16. The number of hydrogen-bond acceptors (Lipinski definition) is 4. The molecule has 2 atom stereocenters. The van der Waals surface area contributed by atoms with Gasteiger partial charge in [-0.1, -0.05) is 18.0 Å². The standard InChI is InChI=1S/C11H21N3O2/c12-11(13-16)7-14-4-3-10(15)9(6-14)5-8-1-2-8/h8-10,15-16H,1-7H2,(H2,12,13)/t9-,10+/m0/s1. The molecule has 92 valence electrons. The van der Waals surface area contributed by atoms with Gasteiger partial charge in [-0.25, -0.2) is 0 Å². The third kappa shape index (κ3) is 3.09. The summed E-state index contributed by atoms with van der Waals surface area (Å²) < 4.78 is 0. The number of nitrogens with two attached hydrogens (primary N) is 1. The van der Waals surface area contributed by atoms with Crippen LogP contribution in [0.5, 0.6) is 0 Å². The van der Waals surface area contributed by atoms with Gasteiger partial charge in [0.15, 0.2) is 5.84 Å². The molecule has 0 aromatic carbocycles. The van der Waals surface area contributed by atoms with Crippen LogP contribution in [-0.2, 0) is 0 Å². The van der Waals surface area contributed by atoms with Crippen molar-refractivity contribution in [3.05, 3.63) is 0 Å². The molecule has 2 fully saturated rings. The minimum atomic E-state index is -0.163. The molecular weight excluding hydrogens is 206 g/mol. The van der Waals surface area contributed by atoms with Crippen LogP contribution in [0.15, 0.2) is 5.16 Å². The van der Waals surface area contributed by atoms with Crippen molar-refractivity contribution in [2.75, 3.05) is 19.6 Å². The van der Waals surface area contributed by atoms with E-state index in [1.165, 1.54) is 12.8 Å². The normalized spacial score (nSPS) is 32.9. The summed E-state index contributed by atoms with van der Waals surface area (Å²) >= 11 is 0. The van der Waals surface area contributed by atoms with E-state index in [0.29, 0.717) is 12.5 Å². The van der Waals surface area contributed by atoms with Crippen LogP contribution in [0.1, 0.15) is 25.7 Å². The number of oxime groups is 1. The van der Waals surface area contributed by atoms with Gasteiger partial charge in [0.25, 0.3) is 0 Å². The Morgan fingerprint density at radius 1 is 1.38 bits per heavy atom. The summed E-state index contributed by atoms with van der Waals surface area (Å²) in [5.41, 5.74) is 5.49. The maximum atomic E-state index is 9.92. The number of hydrogen-bond donors (Lipinski definition) is 3. The van der Waals surface area contributed by atoms with Crippen molar-refractivity contribution < 1.29 is 10.3 Å². The SMILES string of the molecule is NC(CN1CC[C@@H](O)[C@@H](CC2CC2)C1)=NO. The van der Waals surface area contributed by atoms with Gasteiger partial charge in [-0.2, -0.15) is 0 Å². The van der Waals surface area contributed by atoms with Gasteiger partial charge in [0, 0.05) is 13.1 Å². The molecule has 0 amide bonds. The number of aliphatic hydroxyl groups is 1. The van der Waals surface area contributed by atoms with Gasteiger partial charge in [-0.05, 0) is 24.7 Å². The fourth-order valence-electron chi connectivity index (χ4n) is 2.51. The molecular formula is C11H21N3O2. The van der Waals surface area contributed by atoms with Gasteiger partial charge in [-0.15, -0.1) is 0 Å². The maximum Gasteiger partial charge on any atom is 0.153 e. The molecule has 1 saturated heterocycles. The highest BCUT2D eigenvalue weighted by atomic mass is 16.4. The van der Waals surface area contributed by atoms with E-state index >= 15 is 0 Å². The average Bonchev–Trinajstić information content (AvgIpc) is 3.07. The van der Waals surface area contributed by atoms with Crippen LogP contribution < -0.4 is 5.73 Å². The minimum absolute atomic E-state index is 0.163. The van der Waals surface area contributed by atoms with Crippen molar-refractivity contribution in [3.8, 4) is 0 Å². The number of amidine groups is 1. The molecule has 4 N–H and O–H groups in total. The Morgan fingerprint density at radius 2 is 2.12 bits per heavy atom. The molecule has 0 radical (unpaired) electrons. The monoisotopic (exact) mass is 227 g/mol. The van der Waals surface area contributed by atoms with Crippen LogP contribution in [0.2, 0.25) is 0 Å². The smallest absolute Gasteiger partial charge is 0.153 e. The molecule has 5 nitrogen and oxygen atoms in total. The Hall–Kier alpha value is -0.810. The number of piperidine rings is 1.